The van der Waals surface area contributed by atoms with Crippen LogP contribution in [0.1, 0.15) is 24.3 Å². The van der Waals surface area contributed by atoms with Crippen LogP contribution in [0.15, 0.2) is 30.3 Å². The van der Waals surface area contributed by atoms with E-state index in [-0.39, 0.29) is 12.3 Å². The van der Waals surface area contributed by atoms with Crippen LogP contribution >= 0.6 is 0 Å². The summed E-state index contributed by atoms with van der Waals surface area (Å²) in [6.45, 7) is 1.79. The topological polar surface area (TPSA) is 49.3 Å². The Hall–Kier alpha value is -1.35. The molecule has 1 aromatic carbocycles. The molecule has 1 fully saturated rings. The van der Waals surface area contributed by atoms with E-state index in [0.717, 1.165) is 19.5 Å². The van der Waals surface area contributed by atoms with Gasteiger partial charge in [-0.3, -0.25) is 4.79 Å². The number of nitrogens with one attached hydrogen (secondary N) is 1. The zero-order chi connectivity index (χ0) is 11.4. The van der Waals surface area contributed by atoms with Crippen molar-refractivity contribution in [3.05, 3.63) is 35.9 Å². The fourth-order valence-electron chi connectivity index (χ4n) is 2.50. The molecule has 0 aromatic heterocycles. The summed E-state index contributed by atoms with van der Waals surface area (Å²) in [6.07, 6.45) is 1.29. The third-order valence-electron chi connectivity index (χ3n) is 3.27. The maximum atomic E-state index is 10.8. The summed E-state index contributed by atoms with van der Waals surface area (Å²) < 4.78 is 0. The Morgan fingerprint density at radius 3 is 2.81 bits per heavy atom. The Labute approximate surface area is 95.5 Å². The van der Waals surface area contributed by atoms with Crippen LogP contribution in [0.5, 0.6) is 0 Å². The average Bonchev–Trinajstić information content (AvgIpc) is 2.30. The van der Waals surface area contributed by atoms with Crippen molar-refractivity contribution in [3.8, 4) is 0 Å². The minimum atomic E-state index is -0.699. The molecule has 2 N–H and O–H groups in total. The standard InChI is InChI=1S/C13H17NO2/c15-13(16)8-11-9-14-7-6-12(11)10-4-2-1-3-5-10/h1-5,11-12,14H,6-9H2,(H,15,16). The molecule has 2 unspecified atom stereocenters. The van der Waals surface area contributed by atoms with Crippen molar-refractivity contribution in [2.24, 2.45) is 5.92 Å². The number of aliphatic carboxylic acids is 1. The van der Waals surface area contributed by atoms with Crippen molar-refractivity contribution in [1.82, 2.24) is 5.32 Å². The minimum absolute atomic E-state index is 0.216. The molecule has 0 amide bonds. The van der Waals surface area contributed by atoms with E-state index < -0.39 is 5.97 Å². The van der Waals surface area contributed by atoms with Gasteiger partial charge >= 0.3 is 5.97 Å². The third-order valence-corrected chi connectivity index (χ3v) is 3.27. The number of rotatable bonds is 3. The summed E-state index contributed by atoms with van der Waals surface area (Å²) in [7, 11) is 0. The van der Waals surface area contributed by atoms with E-state index >= 15 is 0 Å². The normalized spacial score (nSPS) is 25.2. The molecule has 1 heterocycles. The summed E-state index contributed by atoms with van der Waals surface area (Å²) in [5, 5.41) is 12.2. The second-order valence-electron chi connectivity index (χ2n) is 4.37. The molecule has 0 spiro atoms. The highest BCUT2D eigenvalue weighted by molar-refractivity contribution is 5.67. The lowest BCUT2D eigenvalue weighted by atomic mass is 9.79. The molecule has 3 nitrogen and oxygen atoms in total. The van der Waals surface area contributed by atoms with Gasteiger partial charge in [-0.05, 0) is 36.9 Å². The number of carbonyl (C=O) groups is 1. The summed E-state index contributed by atoms with van der Waals surface area (Å²) in [6, 6.07) is 10.2. The molecular weight excluding hydrogens is 202 g/mol. The van der Waals surface area contributed by atoms with E-state index in [2.05, 4.69) is 17.4 Å². The van der Waals surface area contributed by atoms with Crippen LogP contribution in [0.4, 0.5) is 0 Å². The van der Waals surface area contributed by atoms with Gasteiger partial charge < -0.3 is 10.4 Å². The van der Waals surface area contributed by atoms with Gasteiger partial charge in [0.15, 0.2) is 0 Å². The summed E-state index contributed by atoms with van der Waals surface area (Å²) in [4.78, 5) is 10.8. The van der Waals surface area contributed by atoms with Crippen molar-refractivity contribution in [2.75, 3.05) is 13.1 Å². The summed E-state index contributed by atoms with van der Waals surface area (Å²) in [5.41, 5.74) is 1.27. The Kier molecular flexibility index (Phi) is 3.57. The molecule has 1 saturated heterocycles. The highest BCUT2D eigenvalue weighted by Crippen LogP contribution is 2.32. The average molecular weight is 219 g/mol. The first kappa shape index (κ1) is 11.1. The molecule has 2 rings (SSSR count). The van der Waals surface area contributed by atoms with Crippen molar-refractivity contribution in [3.63, 3.8) is 0 Å². The summed E-state index contributed by atoms with van der Waals surface area (Å²) in [5.74, 6) is -0.0955. The fraction of sp³-hybridized carbons (Fsp3) is 0.462. The summed E-state index contributed by atoms with van der Waals surface area (Å²) >= 11 is 0. The molecule has 3 heteroatoms. The first-order valence-corrected chi connectivity index (χ1v) is 5.75. The lowest BCUT2D eigenvalue weighted by molar-refractivity contribution is -0.138. The van der Waals surface area contributed by atoms with Gasteiger partial charge in [-0.1, -0.05) is 30.3 Å². The van der Waals surface area contributed by atoms with Crippen LogP contribution in [0, 0.1) is 5.92 Å². The van der Waals surface area contributed by atoms with Crippen molar-refractivity contribution in [1.29, 1.82) is 0 Å². The predicted molar refractivity (Wildman–Crippen MR) is 62.4 cm³/mol. The number of carboxylic acids is 1. The SMILES string of the molecule is O=C(O)CC1CNCCC1c1ccccc1. The fourth-order valence-corrected chi connectivity index (χ4v) is 2.50. The van der Waals surface area contributed by atoms with Gasteiger partial charge in [0.2, 0.25) is 0 Å². The van der Waals surface area contributed by atoms with Crippen LogP contribution < -0.4 is 5.32 Å². The van der Waals surface area contributed by atoms with E-state index in [1.807, 2.05) is 18.2 Å². The van der Waals surface area contributed by atoms with E-state index in [1.165, 1.54) is 5.56 Å². The second-order valence-corrected chi connectivity index (χ2v) is 4.37. The van der Waals surface area contributed by atoms with Gasteiger partial charge in [0.05, 0.1) is 0 Å². The molecule has 86 valence electrons. The van der Waals surface area contributed by atoms with Crippen LogP contribution in [0.25, 0.3) is 0 Å². The highest BCUT2D eigenvalue weighted by atomic mass is 16.4. The smallest absolute Gasteiger partial charge is 0.303 e. The van der Waals surface area contributed by atoms with Crippen molar-refractivity contribution in [2.45, 2.75) is 18.8 Å². The highest BCUT2D eigenvalue weighted by Gasteiger charge is 2.27. The Bertz CT molecular complexity index is 350. The predicted octanol–water partition coefficient (Wildman–Crippen LogP) is 1.85. The molecule has 0 bridgehead atoms. The van der Waals surface area contributed by atoms with Crippen LogP contribution in [0.3, 0.4) is 0 Å². The number of hydrogen-bond acceptors (Lipinski definition) is 2. The van der Waals surface area contributed by atoms with Gasteiger partial charge in [-0.15, -0.1) is 0 Å². The molecule has 1 aliphatic heterocycles. The van der Waals surface area contributed by atoms with Gasteiger partial charge in [-0.25, -0.2) is 0 Å². The van der Waals surface area contributed by atoms with Crippen molar-refractivity contribution < 1.29 is 9.90 Å². The number of benzene rings is 1. The van der Waals surface area contributed by atoms with Gasteiger partial charge in [0, 0.05) is 6.42 Å². The van der Waals surface area contributed by atoms with Crippen LogP contribution in [-0.4, -0.2) is 24.2 Å². The van der Waals surface area contributed by atoms with Gasteiger partial charge in [0.25, 0.3) is 0 Å². The molecule has 1 aliphatic rings. The molecule has 1 aromatic rings. The molecular formula is C13H17NO2. The quantitative estimate of drug-likeness (QED) is 0.815. The zero-order valence-electron chi connectivity index (χ0n) is 9.23. The van der Waals surface area contributed by atoms with Crippen LogP contribution in [0.2, 0.25) is 0 Å². The monoisotopic (exact) mass is 219 g/mol. The lowest BCUT2D eigenvalue weighted by Crippen LogP contribution is -2.36. The minimum Gasteiger partial charge on any atom is -0.481 e. The zero-order valence-corrected chi connectivity index (χ0v) is 9.23. The maximum Gasteiger partial charge on any atom is 0.303 e. The van der Waals surface area contributed by atoms with E-state index in [4.69, 9.17) is 5.11 Å². The van der Waals surface area contributed by atoms with E-state index in [0.29, 0.717) is 5.92 Å². The number of piperidine rings is 1. The molecule has 2 atom stereocenters. The van der Waals surface area contributed by atoms with Gasteiger partial charge in [0.1, 0.15) is 0 Å². The van der Waals surface area contributed by atoms with Crippen molar-refractivity contribution >= 4 is 5.97 Å². The number of hydrogen-bond donors (Lipinski definition) is 2. The first-order valence-electron chi connectivity index (χ1n) is 5.75. The Morgan fingerprint density at radius 2 is 2.12 bits per heavy atom. The van der Waals surface area contributed by atoms with Crippen LogP contribution in [-0.2, 0) is 4.79 Å². The van der Waals surface area contributed by atoms with E-state index in [1.54, 1.807) is 0 Å². The lowest BCUT2D eigenvalue weighted by Gasteiger charge is -2.31. The first-order chi connectivity index (χ1) is 7.77. The maximum absolute atomic E-state index is 10.8. The molecule has 0 saturated carbocycles. The van der Waals surface area contributed by atoms with Gasteiger partial charge in [-0.2, -0.15) is 0 Å². The Balaban J connectivity index is 2.13. The third kappa shape index (κ3) is 2.61. The molecule has 0 radical (unpaired) electrons. The van der Waals surface area contributed by atoms with E-state index in [9.17, 15) is 4.79 Å². The number of carboxylic acid groups (broad SMARTS) is 1. The molecule has 16 heavy (non-hydrogen) atoms. The molecule has 0 aliphatic carbocycles. The Morgan fingerprint density at radius 1 is 1.38 bits per heavy atom. The second kappa shape index (κ2) is 5.12. The largest absolute Gasteiger partial charge is 0.481 e.